The van der Waals surface area contributed by atoms with Crippen LogP contribution >= 0.6 is 30.3 Å². The van der Waals surface area contributed by atoms with Crippen LogP contribution < -0.4 is 19.5 Å². The quantitative estimate of drug-likeness (QED) is 0.348. The van der Waals surface area contributed by atoms with Crippen LogP contribution in [0.4, 0.5) is 0 Å². The fourth-order valence-electron chi connectivity index (χ4n) is 3.36. The molecule has 0 saturated heterocycles. The van der Waals surface area contributed by atoms with Gasteiger partial charge in [0.1, 0.15) is 22.8 Å². The van der Waals surface area contributed by atoms with Crippen molar-refractivity contribution in [3.8, 4) is 17.2 Å². The Morgan fingerprint density at radius 2 is 1.39 bits per heavy atom. The van der Waals surface area contributed by atoms with Gasteiger partial charge in [0.25, 0.3) is 7.14 Å². The largest absolute Gasteiger partial charge is 0.496 e. The Morgan fingerprint density at radius 1 is 0.818 bits per heavy atom. The fourth-order valence-corrected chi connectivity index (χ4v) is 6.91. The molecular formula is C24H21Cl2O6P. The number of ether oxygens (including phenoxy) is 3. The van der Waals surface area contributed by atoms with Crippen molar-refractivity contribution in [2.75, 3.05) is 21.3 Å². The van der Waals surface area contributed by atoms with Crippen LogP contribution in [0.3, 0.4) is 0 Å². The van der Waals surface area contributed by atoms with Crippen molar-refractivity contribution in [2.45, 2.75) is 6.92 Å². The van der Waals surface area contributed by atoms with Gasteiger partial charge in [-0.15, -0.1) is 0 Å². The van der Waals surface area contributed by atoms with Gasteiger partial charge in [-0.2, -0.15) is 0 Å². The van der Waals surface area contributed by atoms with Crippen molar-refractivity contribution in [1.29, 1.82) is 0 Å². The molecular weight excluding hydrogens is 486 g/mol. The standard InChI is InChI=1S/C24H21Cl2O6P/c1-14-10-11-17(25)22(21(14)26)33(29,23(27)15-8-6-5-7-9-15)24(28)20-18(31-3)12-16(30-2)13-19(20)32-4/h5-13H,1-4H3. The third-order valence-electron chi connectivity index (χ3n) is 5.10. The summed E-state index contributed by atoms with van der Waals surface area (Å²) in [7, 11) is -0.540. The number of carbonyl (C=O) groups is 2. The zero-order chi connectivity index (χ0) is 24.3. The fraction of sp³-hybridized carbons (Fsp3) is 0.167. The van der Waals surface area contributed by atoms with E-state index in [2.05, 4.69) is 0 Å². The molecule has 6 nitrogen and oxygen atoms in total. The molecule has 9 heteroatoms. The molecule has 172 valence electrons. The van der Waals surface area contributed by atoms with Gasteiger partial charge < -0.3 is 18.8 Å². The van der Waals surface area contributed by atoms with Gasteiger partial charge in [0.05, 0.1) is 36.7 Å². The lowest BCUT2D eigenvalue weighted by Crippen LogP contribution is -2.23. The van der Waals surface area contributed by atoms with E-state index in [1.807, 2.05) is 0 Å². The minimum absolute atomic E-state index is 0.0186. The van der Waals surface area contributed by atoms with E-state index in [1.54, 1.807) is 31.2 Å². The van der Waals surface area contributed by atoms with E-state index in [4.69, 9.17) is 37.4 Å². The van der Waals surface area contributed by atoms with Crippen LogP contribution in [0.15, 0.2) is 54.6 Å². The molecule has 0 aliphatic rings. The SMILES string of the molecule is COc1cc(OC)c(C(=O)P(=O)(C(=O)c2ccccc2)c2c(Cl)ccc(C)c2Cl)c(OC)c1. The Balaban J connectivity index is 2.40. The molecule has 0 radical (unpaired) electrons. The summed E-state index contributed by atoms with van der Waals surface area (Å²) in [6, 6.07) is 13.8. The van der Waals surface area contributed by atoms with Crippen molar-refractivity contribution in [3.05, 3.63) is 81.3 Å². The van der Waals surface area contributed by atoms with E-state index < -0.39 is 18.2 Å². The molecule has 0 aliphatic carbocycles. The zero-order valence-electron chi connectivity index (χ0n) is 18.3. The van der Waals surface area contributed by atoms with Gasteiger partial charge in [-0.25, -0.2) is 0 Å². The topological polar surface area (TPSA) is 78.9 Å². The van der Waals surface area contributed by atoms with Crippen LogP contribution in [0.2, 0.25) is 10.0 Å². The van der Waals surface area contributed by atoms with E-state index in [-0.39, 0.29) is 38.0 Å². The van der Waals surface area contributed by atoms with Crippen molar-refractivity contribution < 1.29 is 28.4 Å². The molecule has 3 aromatic rings. The molecule has 1 unspecified atom stereocenters. The molecule has 0 amide bonds. The molecule has 1 atom stereocenters. The molecule has 0 heterocycles. The minimum atomic E-state index is -4.65. The Kier molecular flexibility index (Phi) is 7.53. The van der Waals surface area contributed by atoms with Crippen LogP contribution in [0.25, 0.3) is 0 Å². The molecule has 0 spiro atoms. The highest BCUT2D eigenvalue weighted by Gasteiger charge is 2.48. The maximum atomic E-state index is 14.7. The number of carbonyl (C=O) groups excluding carboxylic acids is 2. The van der Waals surface area contributed by atoms with Crippen LogP contribution in [0.5, 0.6) is 17.2 Å². The highest BCUT2D eigenvalue weighted by molar-refractivity contribution is 8.01. The van der Waals surface area contributed by atoms with E-state index >= 15 is 0 Å². The first-order valence-electron chi connectivity index (χ1n) is 9.70. The smallest absolute Gasteiger partial charge is 0.251 e. The third-order valence-corrected chi connectivity index (χ3v) is 8.88. The van der Waals surface area contributed by atoms with Gasteiger partial charge in [-0.05, 0) is 18.6 Å². The van der Waals surface area contributed by atoms with Gasteiger partial charge in [-0.3, -0.25) is 9.59 Å². The number of hydrogen-bond donors (Lipinski definition) is 0. The second-order valence-corrected chi connectivity index (χ2v) is 10.3. The molecule has 0 saturated carbocycles. The van der Waals surface area contributed by atoms with Crippen molar-refractivity contribution in [2.24, 2.45) is 0 Å². The summed E-state index contributed by atoms with van der Waals surface area (Å²) in [6.07, 6.45) is 0. The average Bonchev–Trinajstić information content (AvgIpc) is 2.84. The highest BCUT2D eigenvalue weighted by Crippen LogP contribution is 2.56. The number of methoxy groups -OCH3 is 3. The Labute approximate surface area is 201 Å². The maximum absolute atomic E-state index is 14.7. The van der Waals surface area contributed by atoms with Crippen LogP contribution in [-0.4, -0.2) is 32.4 Å². The summed E-state index contributed by atoms with van der Waals surface area (Å²) < 4.78 is 30.7. The number of hydrogen-bond acceptors (Lipinski definition) is 6. The highest BCUT2D eigenvalue weighted by atomic mass is 35.5. The summed E-state index contributed by atoms with van der Waals surface area (Å²) in [4.78, 5) is 27.8. The molecule has 3 rings (SSSR count). The molecule has 3 aromatic carbocycles. The lowest BCUT2D eigenvalue weighted by Gasteiger charge is -2.22. The molecule has 33 heavy (non-hydrogen) atoms. The molecule has 0 fully saturated rings. The summed E-state index contributed by atoms with van der Waals surface area (Å²) in [5.41, 5.74) is -1.50. The molecule has 0 N–H and O–H groups in total. The van der Waals surface area contributed by atoms with Crippen LogP contribution in [-0.2, 0) is 4.57 Å². The first-order valence-corrected chi connectivity index (χ1v) is 12.2. The minimum Gasteiger partial charge on any atom is -0.496 e. The van der Waals surface area contributed by atoms with E-state index in [0.717, 1.165) is 0 Å². The van der Waals surface area contributed by atoms with E-state index in [1.165, 1.54) is 51.7 Å². The first kappa shape index (κ1) is 24.8. The van der Waals surface area contributed by atoms with Gasteiger partial charge in [0, 0.05) is 17.7 Å². The van der Waals surface area contributed by atoms with Gasteiger partial charge >= 0.3 is 0 Å². The van der Waals surface area contributed by atoms with Crippen molar-refractivity contribution >= 4 is 46.7 Å². The Hall–Kier alpha value is -2.79. The number of rotatable bonds is 8. The lowest BCUT2D eigenvalue weighted by molar-refractivity contribution is 0.103. The monoisotopic (exact) mass is 506 g/mol. The van der Waals surface area contributed by atoms with Crippen LogP contribution in [0.1, 0.15) is 26.3 Å². The second-order valence-electron chi connectivity index (χ2n) is 7.02. The zero-order valence-corrected chi connectivity index (χ0v) is 20.8. The number of benzene rings is 3. The number of halogens is 2. The molecule has 0 aliphatic heterocycles. The van der Waals surface area contributed by atoms with Gasteiger partial charge in [-0.1, -0.05) is 59.6 Å². The van der Waals surface area contributed by atoms with Crippen LogP contribution in [0, 0.1) is 6.92 Å². The van der Waals surface area contributed by atoms with Gasteiger partial charge in [0.2, 0.25) is 11.0 Å². The average molecular weight is 507 g/mol. The summed E-state index contributed by atoms with van der Waals surface area (Å²) in [6.45, 7) is 1.67. The van der Waals surface area contributed by atoms with E-state index in [9.17, 15) is 14.2 Å². The summed E-state index contributed by atoms with van der Waals surface area (Å²) in [5, 5.41) is -0.294. The lowest BCUT2D eigenvalue weighted by atomic mass is 10.2. The van der Waals surface area contributed by atoms with Crippen molar-refractivity contribution in [3.63, 3.8) is 0 Å². The predicted molar refractivity (Wildman–Crippen MR) is 130 cm³/mol. The van der Waals surface area contributed by atoms with Crippen molar-refractivity contribution in [1.82, 2.24) is 0 Å². The third kappa shape index (κ3) is 4.39. The normalized spacial score (nSPS) is 12.5. The summed E-state index contributed by atoms with van der Waals surface area (Å²) >= 11 is 12.9. The Morgan fingerprint density at radius 3 is 1.91 bits per heavy atom. The predicted octanol–water partition coefficient (Wildman–Crippen LogP) is 6.00. The Bertz CT molecular complexity index is 1250. The summed E-state index contributed by atoms with van der Waals surface area (Å²) in [5.74, 6) is 0.394. The molecule has 0 aromatic heterocycles. The van der Waals surface area contributed by atoms with E-state index in [0.29, 0.717) is 11.3 Å². The molecule has 0 bridgehead atoms. The number of aryl methyl sites for hydroxylation is 1. The van der Waals surface area contributed by atoms with Gasteiger partial charge in [0.15, 0.2) is 0 Å². The second kappa shape index (κ2) is 10.0. The first-order chi connectivity index (χ1) is 15.7. The maximum Gasteiger partial charge on any atom is 0.251 e.